The Labute approximate surface area is 198 Å². The molecule has 0 heterocycles. The van der Waals surface area contributed by atoms with Gasteiger partial charge in [0.15, 0.2) is 0 Å². The molecule has 34 heavy (non-hydrogen) atoms. The van der Waals surface area contributed by atoms with Gasteiger partial charge >= 0.3 is 11.9 Å². The summed E-state index contributed by atoms with van der Waals surface area (Å²) in [5.74, 6) is -1.55. The molecule has 0 aliphatic heterocycles. The summed E-state index contributed by atoms with van der Waals surface area (Å²) in [6.45, 7) is 7.33. The molecule has 0 bridgehead atoms. The van der Waals surface area contributed by atoms with E-state index in [1.54, 1.807) is 26.8 Å². The van der Waals surface area contributed by atoms with Gasteiger partial charge in [0, 0.05) is 11.6 Å². The number of carbonyl (C=O) groups is 2. The Balaban J connectivity index is 1.81. The maximum absolute atomic E-state index is 12.9. The van der Waals surface area contributed by atoms with Crippen LogP contribution in [-0.4, -0.2) is 28.8 Å². The minimum Gasteiger partial charge on any atom is -0.507 e. The van der Waals surface area contributed by atoms with Crippen LogP contribution in [0.3, 0.4) is 0 Å². The maximum atomic E-state index is 12.9. The Morgan fingerprint density at radius 2 is 1.56 bits per heavy atom. The van der Waals surface area contributed by atoms with E-state index in [4.69, 9.17) is 14.2 Å². The molecule has 0 saturated heterocycles. The topological polar surface area (TPSA) is 102 Å². The van der Waals surface area contributed by atoms with Crippen molar-refractivity contribution in [2.75, 3.05) is 6.61 Å². The zero-order valence-electron chi connectivity index (χ0n) is 19.7. The first kappa shape index (κ1) is 24.6. The van der Waals surface area contributed by atoms with Crippen molar-refractivity contribution in [3.63, 3.8) is 0 Å². The third-order valence-electron chi connectivity index (χ3n) is 5.29. The van der Waals surface area contributed by atoms with Crippen LogP contribution in [0.1, 0.15) is 56.3 Å². The van der Waals surface area contributed by atoms with Gasteiger partial charge in [-0.1, -0.05) is 37.3 Å². The Morgan fingerprint density at radius 3 is 2.21 bits per heavy atom. The van der Waals surface area contributed by atoms with Crippen LogP contribution in [0.25, 0.3) is 0 Å². The molecule has 7 heteroatoms. The van der Waals surface area contributed by atoms with E-state index < -0.39 is 11.9 Å². The molecule has 0 aromatic heterocycles. The molecular weight excluding hydrogens is 436 g/mol. The Hall–Kier alpha value is -4.00. The van der Waals surface area contributed by atoms with Crippen LogP contribution in [0.15, 0.2) is 48.5 Å². The number of phenols is 2. The molecule has 0 fully saturated rings. The fourth-order valence-electron chi connectivity index (χ4n) is 3.50. The minimum absolute atomic E-state index is 0.00636. The monoisotopic (exact) mass is 464 g/mol. The number of hydrogen-bond donors (Lipinski definition) is 2. The third kappa shape index (κ3) is 5.49. The van der Waals surface area contributed by atoms with Crippen molar-refractivity contribution in [1.29, 1.82) is 0 Å². The lowest BCUT2D eigenvalue weighted by atomic mass is 10.0. The molecule has 0 saturated carbocycles. The molecular formula is C27H28O7. The van der Waals surface area contributed by atoms with E-state index in [9.17, 15) is 19.8 Å². The van der Waals surface area contributed by atoms with Crippen molar-refractivity contribution in [1.82, 2.24) is 0 Å². The highest BCUT2D eigenvalue weighted by Crippen LogP contribution is 2.35. The minimum atomic E-state index is -0.798. The van der Waals surface area contributed by atoms with E-state index in [1.807, 2.05) is 37.3 Å². The van der Waals surface area contributed by atoms with E-state index in [2.05, 4.69) is 0 Å². The molecule has 0 unspecified atom stereocenters. The predicted octanol–water partition coefficient (Wildman–Crippen LogP) is 5.39. The number of rotatable bonds is 8. The van der Waals surface area contributed by atoms with Gasteiger partial charge in [0.2, 0.25) is 0 Å². The average Bonchev–Trinajstić information content (AvgIpc) is 2.79. The highest BCUT2D eigenvalue weighted by atomic mass is 16.5. The first-order valence-corrected chi connectivity index (χ1v) is 11.0. The van der Waals surface area contributed by atoms with Crippen molar-refractivity contribution in [3.05, 3.63) is 81.9 Å². The van der Waals surface area contributed by atoms with E-state index in [0.29, 0.717) is 35.5 Å². The summed E-state index contributed by atoms with van der Waals surface area (Å²) in [5.41, 5.74) is 2.25. The SMILES string of the molecule is CCCOC(=O)c1c(C)cc(OC(=O)c2c(C)cc(OCc3ccccc3)c(C)c2O)cc1O. The molecule has 3 aromatic rings. The van der Waals surface area contributed by atoms with Crippen LogP contribution >= 0.6 is 0 Å². The molecule has 2 N–H and O–H groups in total. The molecule has 0 aliphatic carbocycles. The van der Waals surface area contributed by atoms with Crippen molar-refractivity contribution in [2.45, 2.75) is 40.7 Å². The fourth-order valence-corrected chi connectivity index (χ4v) is 3.50. The van der Waals surface area contributed by atoms with E-state index in [-0.39, 0.29) is 35.0 Å². The Kier molecular flexibility index (Phi) is 7.79. The normalized spacial score (nSPS) is 10.6. The molecule has 3 aromatic carbocycles. The zero-order valence-corrected chi connectivity index (χ0v) is 19.7. The van der Waals surface area contributed by atoms with Crippen molar-refractivity contribution < 1.29 is 34.0 Å². The van der Waals surface area contributed by atoms with Gasteiger partial charge in [-0.05, 0) is 56.0 Å². The molecule has 178 valence electrons. The fraction of sp³-hybridized carbons (Fsp3) is 0.259. The first-order valence-electron chi connectivity index (χ1n) is 11.0. The third-order valence-corrected chi connectivity index (χ3v) is 5.29. The summed E-state index contributed by atoms with van der Waals surface area (Å²) in [4.78, 5) is 25.1. The number of hydrogen-bond acceptors (Lipinski definition) is 7. The summed E-state index contributed by atoms with van der Waals surface area (Å²) in [7, 11) is 0. The van der Waals surface area contributed by atoms with Gasteiger partial charge < -0.3 is 24.4 Å². The van der Waals surface area contributed by atoms with Gasteiger partial charge in [-0.3, -0.25) is 0 Å². The molecule has 7 nitrogen and oxygen atoms in total. The van der Waals surface area contributed by atoms with Crippen LogP contribution in [0.2, 0.25) is 0 Å². The van der Waals surface area contributed by atoms with Crippen molar-refractivity contribution in [3.8, 4) is 23.0 Å². The largest absolute Gasteiger partial charge is 0.507 e. The molecule has 0 atom stereocenters. The second kappa shape index (κ2) is 10.7. The van der Waals surface area contributed by atoms with E-state index in [0.717, 1.165) is 5.56 Å². The van der Waals surface area contributed by atoms with Crippen LogP contribution in [-0.2, 0) is 11.3 Å². The predicted molar refractivity (Wildman–Crippen MR) is 127 cm³/mol. The van der Waals surface area contributed by atoms with E-state index in [1.165, 1.54) is 12.1 Å². The van der Waals surface area contributed by atoms with Crippen molar-refractivity contribution in [2.24, 2.45) is 0 Å². The van der Waals surface area contributed by atoms with Crippen LogP contribution in [0.5, 0.6) is 23.0 Å². The summed E-state index contributed by atoms with van der Waals surface area (Å²) in [5, 5.41) is 21.0. The first-order chi connectivity index (χ1) is 16.2. The molecule has 0 spiro atoms. The number of esters is 2. The summed E-state index contributed by atoms with van der Waals surface area (Å²) < 4.78 is 16.3. The van der Waals surface area contributed by atoms with Crippen LogP contribution < -0.4 is 9.47 Å². The molecule has 0 aliphatic rings. The molecule has 3 rings (SSSR count). The Bertz CT molecular complexity index is 1180. The van der Waals surface area contributed by atoms with Crippen LogP contribution in [0, 0.1) is 20.8 Å². The van der Waals surface area contributed by atoms with Gasteiger partial charge in [-0.2, -0.15) is 0 Å². The van der Waals surface area contributed by atoms with Gasteiger partial charge in [-0.25, -0.2) is 9.59 Å². The summed E-state index contributed by atoms with van der Waals surface area (Å²) in [6, 6.07) is 13.9. The zero-order chi connectivity index (χ0) is 24.8. The quantitative estimate of drug-likeness (QED) is 0.340. The maximum Gasteiger partial charge on any atom is 0.347 e. The molecule has 0 radical (unpaired) electrons. The second-order valence-electron chi connectivity index (χ2n) is 7.97. The average molecular weight is 465 g/mol. The number of ether oxygens (including phenoxy) is 3. The lowest BCUT2D eigenvalue weighted by Gasteiger charge is -2.16. The number of aromatic hydroxyl groups is 2. The number of aryl methyl sites for hydroxylation is 2. The summed E-state index contributed by atoms with van der Waals surface area (Å²) >= 11 is 0. The molecule has 0 amide bonds. The standard InChI is InChI=1S/C27H28O7/c1-5-11-32-26(30)23-16(2)12-20(14-21(23)28)34-27(31)24-17(3)13-22(18(4)25(24)29)33-15-19-9-7-6-8-10-19/h6-10,12-14,28-29H,5,11,15H2,1-4H3. The summed E-state index contributed by atoms with van der Waals surface area (Å²) in [6.07, 6.45) is 0.652. The van der Waals surface area contributed by atoms with Crippen LogP contribution in [0.4, 0.5) is 0 Å². The van der Waals surface area contributed by atoms with Gasteiger partial charge in [0.05, 0.1) is 6.61 Å². The van der Waals surface area contributed by atoms with E-state index >= 15 is 0 Å². The highest BCUT2D eigenvalue weighted by molar-refractivity contribution is 5.97. The van der Waals surface area contributed by atoms with Crippen molar-refractivity contribution >= 4 is 11.9 Å². The number of carbonyl (C=O) groups excluding carboxylic acids is 2. The van der Waals surface area contributed by atoms with Gasteiger partial charge in [-0.15, -0.1) is 0 Å². The number of phenolic OH excluding ortho intramolecular Hbond substituents is 2. The van der Waals surface area contributed by atoms with Gasteiger partial charge in [0.1, 0.15) is 40.7 Å². The highest BCUT2D eigenvalue weighted by Gasteiger charge is 2.23. The second-order valence-corrected chi connectivity index (χ2v) is 7.97. The lowest BCUT2D eigenvalue weighted by molar-refractivity contribution is 0.0501. The van der Waals surface area contributed by atoms with Gasteiger partial charge in [0.25, 0.3) is 0 Å². The smallest absolute Gasteiger partial charge is 0.347 e. The Morgan fingerprint density at radius 1 is 0.882 bits per heavy atom. The lowest BCUT2D eigenvalue weighted by Crippen LogP contribution is -2.13. The number of benzene rings is 3.